The van der Waals surface area contributed by atoms with E-state index in [-0.39, 0.29) is 21.3 Å². The number of carboxylic acid groups (broad SMARTS) is 2. The molecule has 0 saturated carbocycles. The molecule has 0 unspecified atom stereocenters. The highest BCUT2D eigenvalue weighted by molar-refractivity contribution is 6.44. The lowest BCUT2D eigenvalue weighted by molar-refractivity contribution is 0.0698. The molecule has 7 heteroatoms. The van der Waals surface area contributed by atoms with Crippen LogP contribution in [0.25, 0.3) is 0 Å². The molecule has 0 fully saturated rings. The van der Waals surface area contributed by atoms with E-state index < -0.39 is 12.1 Å². The predicted octanol–water partition coefficient (Wildman–Crippen LogP) is 2.78. The van der Waals surface area contributed by atoms with Crippen LogP contribution in [0.4, 0.5) is 10.5 Å². The van der Waals surface area contributed by atoms with Gasteiger partial charge in [-0.2, -0.15) is 0 Å². The molecular formula is C8H5Cl2NO4. The fourth-order valence-electron chi connectivity index (χ4n) is 0.979. The largest absolute Gasteiger partial charge is 0.478 e. The average Bonchev–Trinajstić information content (AvgIpc) is 2.10. The second kappa shape index (κ2) is 4.37. The normalized spacial score (nSPS) is 9.73. The maximum Gasteiger partial charge on any atom is 0.409 e. The first-order valence-corrected chi connectivity index (χ1v) is 4.40. The van der Waals surface area contributed by atoms with Gasteiger partial charge in [0, 0.05) is 0 Å². The maximum absolute atomic E-state index is 10.8. The third kappa shape index (κ3) is 2.51. The summed E-state index contributed by atoms with van der Waals surface area (Å²) < 4.78 is 0. The van der Waals surface area contributed by atoms with Gasteiger partial charge < -0.3 is 10.2 Å². The molecule has 1 amide bonds. The van der Waals surface area contributed by atoms with Crippen molar-refractivity contribution in [3.63, 3.8) is 0 Å². The minimum atomic E-state index is -1.38. The van der Waals surface area contributed by atoms with Gasteiger partial charge >= 0.3 is 12.1 Å². The summed E-state index contributed by atoms with van der Waals surface area (Å²) in [5, 5.41) is 19.0. The number of hydrogen-bond acceptors (Lipinski definition) is 2. The van der Waals surface area contributed by atoms with Crippen LogP contribution in [-0.4, -0.2) is 22.3 Å². The second-order valence-electron chi connectivity index (χ2n) is 2.52. The first-order valence-electron chi connectivity index (χ1n) is 3.64. The number of hydrogen-bond donors (Lipinski definition) is 3. The Morgan fingerprint density at radius 2 is 1.80 bits per heavy atom. The first kappa shape index (κ1) is 11.6. The van der Waals surface area contributed by atoms with E-state index in [4.69, 9.17) is 33.4 Å². The van der Waals surface area contributed by atoms with Crippen LogP contribution in [-0.2, 0) is 0 Å². The van der Waals surface area contributed by atoms with Gasteiger partial charge in [-0.05, 0) is 12.1 Å². The van der Waals surface area contributed by atoms with Crippen molar-refractivity contribution in [1.29, 1.82) is 0 Å². The van der Waals surface area contributed by atoms with Crippen LogP contribution in [0.2, 0.25) is 10.0 Å². The van der Waals surface area contributed by atoms with Gasteiger partial charge in [-0.25, -0.2) is 9.59 Å². The van der Waals surface area contributed by atoms with Crippen molar-refractivity contribution < 1.29 is 19.8 Å². The molecule has 80 valence electrons. The van der Waals surface area contributed by atoms with Crippen LogP contribution < -0.4 is 5.32 Å². The fourth-order valence-corrected chi connectivity index (χ4v) is 1.38. The fraction of sp³-hybridized carbons (Fsp3) is 0. The molecule has 0 radical (unpaired) electrons. The van der Waals surface area contributed by atoms with Gasteiger partial charge in [0.25, 0.3) is 0 Å². The molecule has 0 spiro atoms. The first-order chi connectivity index (χ1) is 6.93. The quantitative estimate of drug-likeness (QED) is 0.753. The maximum atomic E-state index is 10.8. The highest BCUT2D eigenvalue weighted by Gasteiger charge is 2.18. The monoisotopic (exact) mass is 249 g/mol. The highest BCUT2D eigenvalue weighted by atomic mass is 35.5. The van der Waals surface area contributed by atoms with Gasteiger partial charge in [0.15, 0.2) is 0 Å². The van der Waals surface area contributed by atoms with Crippen molar-refractivity contribution in [1.82, 2.24) is 0 Å². The Balaban J connectivity index is 3.33. The summed E-state index contributed by atoms with van der Waals surface area (Å²) in [6, 6.07) is 2.54. The van der Waals surface area contributed by atoms with Crippen LogP contribution in [0.1, 0.15) is 10.4 Å². The molecule has 0 aliphatic rings. The third-order valence-electron chi connectivity index (χ3n) is 1.55. The molecular weight excluding hydrogens is 245 g/mol. The zero-order chi connectivity index (χ0) is 11.6. The van der Waals surface area contributed by atoms with Crippen LogP contribution in [0.5, 0.6) is 0 Å². The van der Waals surface area contributed by atoms with E-state index in [1.165, 1.54) is 12.1 Å². The Kier molecular flexibility index (Phi) is 3.39. The summed E-state index contributed by atoms with van der Waals surface area (Å²) in [5.74, 6) is -1.36. The van der Waals surface area contributed by atoms with Crippen LogP contribution in [0, 0.1) is 0 Å². The number of nitrogens with one attached hydrogen (secondary N) is 1. The number of carboxylic acids is 1. The lowest BCUT2D eigenvalue weighted by Crippen LogP contribution is -2.12. The molecule has 1 aromatic rings. The third-order valence-corrected chi connectivity index (χ3v) is 2.35. The summed E-state index contributed by atoms with van der Waals surface area (Å²) in [4.78, 5) is 21.2. The van der Waals surface area contributed by atoms with Crippen molar-refractivity contribution in [2.45, 2.75) is 0 Å². The number of carbonyl (C=O) groups is 2. The van der Waals surface area contributed by atoms with E-state index in [2.05, 4.69) is 0 Å². The Bertz CT molecular complexity index is 433. The molecule has 15 heavy (non-hydrogen) atoms. The molecule has 3 N–H and O–H groups in total. The van der Waals surface area contributed by atoms with Crippen molar-refractivity contribution in [2.75, 3.05) is 5.32 Å². The van der Waals surface area contributed by atoms with E-state index in [0.29, 0.717) is 0 Å². The summed E-state index contributed by atoms with van der Waals surface area (Å²) in [6.45, 7) is 0. The number of aromatic carboxylic acids is 1. The van der Waals surface area contributed by atoms with Gasteiger partial charge in [0.1, 0.15) is 5.56 Å². The van der Waals surface area contributed by atoms with E-state index in [1.54, 1.807) is 0 Å². The van der Waals surface area contributed by atoms with Gasteiger partial charge in [-0.1, -0.05) is 23.2 Å². The Morgan fingerprint density at radius 3 is 2.27 bits per heavy atom. The summed E-state index contributed by atoms with van der Waals surface area (Å²) >= 11 is 11.2. The van der Waals surface area contributed by atoms with Crippen molar-refractivity contribution in [2.24, 2.45) is 0 Å². The summed E-state index contributed by atoms with van der Waals surface area (Å²) in [7, 11) is 0. The summed E-state index contributed by atoms with van der Waals surface area (Å²) in [6.07, 6.45) is -1.38. The Labute approximate surface area is 94.2 Å². The lowest BCUT2D eigenvalue weighted by Gasteiger charge is -2.08. The molecule has 0 atom stereocenters. The lowest BCUT2D eigenvalue weighted by atomic mass is 10.2. The molecule has 0 bridgehead atoms. The Hall–Kier alpha value is -1.46. The molecule has 1 aromatic carbocycles. The molecule has 1 rings (SSSR count). The number of benzene rings is 1. The zero-order valence-corrected chi connectivity index (χ0v) is 8.63. The summed E-state index contributed by atoms with van der Waals surface area (Å²) in [5.41, 5.74) is -0.490. The Morgan fingerprint density at radius 1 is 1.20 bits per heavy atom. The minimum absolute atomic E-state index is 0.0463. The minimum Gasteiger partial charge on any atom is -0.478 e. The molecule has 0 aliphatic heterocycles. The molecule has 5 nitrogen and oxygen atoms in total. The highest BCUT2D eigenvalue weighted by Crippen LogP contribution is 2.31. The van der Waals surface area contributed by atoms with Gasteiger partial charge in [0.05, 0.1) is 15.7 Å². The predicted molar refractivity (Wildman–Crippen MR) is 55.1 cm³/mol. The van der Waals surface area contributed by atoms with Crippen molar-refractivity contribution in [3.8, 4) is 0 Å². The average molecular weight is 250 g/mol. The standard InChI is InChI=1S/C8H5Cl2NO4/c9-3-1-2-4(11-8(14)15)5(6(3)10)7(12)13/h1-2,11H,(H,12,13)(H,14,15). The van der Waals surface area contributed by atoms with Gasteiger partial charge in [0.2, 0.25) is 0 Å². The molecule has 0 aromatic heterocycles. The number of anilines is 1. The van der Waals surface area contributed by atoms with E-state index in [0.717, 1.165) is 0 Å². The molecule has 0 aliphatic carbocycles. The van der Waals surface area contributed by atoms with Gasteiger partial charge in [-0.15, -0.1) is 0 Å². The van der Waals surface area contributed by atoms with Crippen LogP contribution in [0.3, 0.4) is 0 Å². The number of amides is 1. The topological polar surface area (TPSA) is 86.6 Å². The second-order valence-corrected chi connectivity index (χ2v) is 3.30. The van der Waals surface area contributed by atoms with Crippen LogP contribution in [0.15, 0.2) is 12.1 Å². The smallest absolute Gasteiger partial charge is 0.409 e. The van der Waals surface area contributed by atoms with E-state index in [1.807, 2.05) is 5.32 Å². The van der Waals surface area contributed by atoms with Crippen molar-refractivity contribution in [3.05, 3.63) is 27.7 Å². The van der Waals surface area contributed by atoms with E-state index >= 15 is 0 Å². The number of halogens is 2. The van der Waals surface area contributed by atoms with Crippen molar-refractivity contribution >= 4 is 41.0 Å². The molecule has 0 heterocycles. The van der Waals surface area contributed by atoms with Crippen LogP contribution >= 0.6 is 23.2 Å². The zero-order valence-electron chi connectivity index (χ0n) is 7.12. The van der Waals surface area contributed by atoms with E-state index in [9.17, 15) is 9.59 Å². The SMILES string of the molecule is O=C(O)Nc1ccc(Cl)c(Cl)c1C(=O)O. The molecule has 0 saturated heterocycles. The van der Waals surface area contributed by atoms with Gasteiger partial charge in [-0.3, -0.25) is 5.32 Å². The number of rotatable bonds is 2.